The number of aliphatic carboxylic acids is 1. The van der Waals surface area contributed by atoms with Gasteiger partial charge in [0.1, 0.15) is 11.2 Å². The minimum absolute atomic E-state index is 0.285. The fourth-order valence-corrected chi connectivity index (χ4v) is 2.69. The smallest absolute Gasteiger partial charge is 0.323 e. The molecular formula is C9H8N2O3S2. The second-order valence-corrected chi connectivity index (χ2v) is 4.71. The minimum Gasteiger partial charge on any atom is -0.480 e. The van der Waals surface area contributed by atoms with Gasteiger partial charge in [0.2, 0.25) is 0 Å². The highest BCUT2D eigenvalue weighted by Gasteiger charge is 2.13. The first kappa shape index (κ1) is 11.2. The maximum absolute atomic E-state index is 12.0. The molecule has 84 valence electrons. The standard InChI is InChI=1S/C9H8N2O3S2/c1-15-9-10-5-2-3-16-7(5)8(14)11(9)4-6(12)13/h2-3H,4H2,1H3,(H,12,13). The Morgan fingerprint density at radius 2 is 2.44 bits per heavy atom. The topological polar surface area (TPSA) is 72.2 Å². The quantitative estimate of drug-likeness (QED) is 0.661. The van der Waals surface area contributed by atoms with E-state index in [1.165, 1.54) is 27.7 Å². The molecule has 1 N–H and O–H groups in total. The SMILES string of the molecule is CSc1nc2ccsc2c(=O)n1CC(=O)O. The lowest BCUT2D eigenvalue weighted by molar-refractivity contribution is -0.137. The minimum atomic E-state index is -1.05. The number of carbonyl (C=O) groups is 1. The Bertz CT molecular complexity index is 602. The zero-order valence-corrected chi connectivity index (χ0v) is 9.97. The summed E-state index contributed by atoms with van der Waals surface area (Å²) in [7, 11) is 0. The molecular weight excluding hydrogens is 248 g/mol. The Hall–Kier alpha value is -1.34. The summed E-state index contributed by atoms with van der Waals surface area (Å²) >= 11 is 2.54. The molecule has 2 aromatic heterocycles. The van der Waals surface area contributed by atoms with Crippen LogP contribution in [0, 0.1) is 0 Å². The van der Waals surface area contributed by atoms with Crippen LogP contribution < -0.4 is 5.56 Å². The third-order valence-corrected chi connectivity index (χ3v) is 3.58. The molecule has 7 heteroatoms. The molecule has 0 radical (unpaired) electrons. The summed E-state index contributed by atoms with van der Waals surface area (Å²) in [4.78, 5) is 26.9. The van der Waals surface area contributed by atoms with Crippen molar-refractivity contribution in [2.24, 2.45) is 0 Å². The molecule has 0 spiro atoms. The van der Waals surface area contributed by atoms with Crippen molar-refractivity contribution in [3.8, 4) is 0 Å². The van der Waals surface area contributed by atoms with E-state index in [0.717, 1.165) is 0 Å². The summed E-state index contributed by atoms with van der Waals surface area (Å²) < 4.78 is 1.69. The van der Waals surface area contributed by atoms with Gasteiger partial charge in [0, 0.05) is 0 Å². The van der Waals surface area contributed by atoms with Gasteiger partial charge >= 0.3 is 5.97 Å². The molecule has 0 unspecified atom stereocenters. The van der Waals surface area contributed by atoms with Crippen LogP contribution in [0.5, 0.6) is 0 Å². The zero-order chi connectivity index (χ0) is 11.7. The van der Waals surface area contributed by atoms with Crippen LogP contribution >= 0.6 is 23.1 Å². The number of aromatic nitrogens is 2. The van der Waals surface area contributed by atoms with E-state index in [1.54, 1.807) is 17.7 Å². The number of hydrogen-bond acceptors (Lipinski definition) is 5. The van der Waals surface area contributed by atoms with E-state index < -0.39 is 5.97 Å². The number of carboxylic acid groups (broad SMARTS) is 1. The van der Waals surface area contributed by atoms with Gasteiger partial charge in [-0.25, -0.2) is 4.98 Å². The van der Waals surface area contributed by atoms with Gasteiger partial charge in [-0.1, -0.05) is 11.8 Å². The van der Waals surface area contributed by atoms with Crippen molar-refractivity contribution in [3.05, 3.63) is 21.8 Å². The Morgan fingerprint density at radius 1 is 1.69 bits per heavy atom. The molecule has 5 nitrogen and oxygen atoms in total. The van der Waals surface area contributed by atoms with Gasteiger partial charge < -0.3 is 5.11 Å². The maximum Gasteiger partial charge on any atom is 0.323 e. The molecule has 0 aromatic carbocycles. The number of nitrogens with zero attached hydrogens (tertiary/aromatic N) is 2. The van der Waals surface area contributed by atoms with Crippen LogP contribution in [0.25, 0.3) is 10.2 Å². The second kappa shape index (κ2) is 4.26. The number of thioether (sulfide) groups is 1. The molecule has 0 aliphatic carbocycles. The van der Waals surface area contributed by atoms with E-state index in [-0.39, 0.29) is 12.1 Å². The first-order valence-corrected chi connectivity index (χ1v) is 6.47. The Labute approximate surface area is 98.7 Å². The van der Waals surface area contributed by atoms with Crippen LogP contribution in [0.15, 0.2) is 21.4 Å². The maximum atomic E-state index is 12.0. The van der Waals surface area contributed by atoms with Gasteiger partial charge in [0.15, 0.2) is 5.16 Å². The monoisotopic (exact) mass is 256 g/mol. The van der Waals surface area contributed by atoms with Crippen molar-refractivity contribution in [1.29, 1.82) is 0 Å². The summed E-state index contributed by atoms with van der Waals surface area (Å²) in [5.41, 5.74) is 0.340. The van der Waals surface area contributed by atoms with E-state index >= 15 is 0 Å². The summed E-state index contributed by atoms with van der Waals surface area (Å²) in [6, 6.07) is 1.76. The van der Waals surface area contributed by atoms with E-state index in [1.807, 2.05) is 0 Å². The third-order valence-electron chi connectivity index (χ3n) is 2.01. The van der Waals surface area contributed by atoms with Crippen molar-refractivity contribution >= 4 is 39.3 Å². The van der Waals surface area contributed by atoms with Crippen molar-refractivity contribution in [2.45, 2.75) is 11.7 Å². The third kappa shape index (κ3) is 1.83. The molecule has 2 heterocycles. The molecule has 2 aromatic rings. The zero-order valence-electron chi connectivity index (χ0n) is 8.34. The predicted octanol–water partition coefficient (Wildman–Crippen LogP) is 1.26. The van der Waals surface area contributed by atoms with Gasteiger partial charge in [-0.2, -0.15) is 0 Å². The van der Waals surface area contributed by atoms with E-state index in [9.17, 15) is 9.59 Å². The van der Waals surface area contributed by atoms with Crippen LogP contribution in [0.4, 0.5) is 0 Å². The predicted molar refractivity (Wildman–Crippen MR) is 63.3 cm³/mol. The van der Waals surface area contributed by atoms with E-state index in [4.69, 9.17) is 5.11 Å². The van der Waals surface area contributed by atoms with Crippen LogP contribution in [0.1, 0.15) is 0 Å². The number of carboxylic acids is 1. The van der Waals surface area contributed by atoms with Crippen molar-refractivity contribution in [1.82, 2.24) is 9.55 Å². The van der Waals surface area contributed by atoms with Gasteiger partial charge in [0.25, 0.3) is 5.56 Å². The van der Waals surface area contributed by atoms with Gasteiger partial charge in [-0.3, -0.25) is 14.2 Å². The Kier molecular flexibility index (Phi) is 2.97. The van der Waals surface area contributed by atoms with E-state index in [2.05, 4.69) is 4.98 Å². The van der Waals surface area contributed by atoms with Gasteiger partial charge in [0.05, 0.1) is 5.52 Å². The highest BCUT2D eigenvalue weighted by Crippen LogP contribution is 2.18. The molecule has 16 heavy (non-hydrogen) atoms. The van der Waals surface area contributed by atoms with E-state index in [0.29, 0.717) is 15.4 Å². The average Bonchev–Trinajstić information content (AvgIpc) is 2.69. The van der Waals surface area contributed by atoms with Gasteiger partial charge in [-0.15, -0.1) is 11.3 Å². The normalized spacial score (nSPS) is 10.8. The molecule has 0 aliphatic heterocycles. The highest BCUT2D eigenvalue weighted by atomic mass is 32.2. The molecule has 0 saturated carbocycles. The van der Waals surface area contributed by atoms with Gasteiger partial charge in [-0.05, 0) is 17.7 Å². The molecule has 0 saturated heterocycles. The molecule has 0 fully saturated rings. The Balaban J connectivity index is 2.72. The van der Waals surface area contributed by atoms with Crippen molar-refractivity contribution in [3.63, 3.8) is 0 Å². The summed E-state index contributed by atoms with van der Waals surface area (Å²) in [5, 5.41) is 10.9. The summed E-state index contributed by atoms with van der Waals surface area (Å²) in [5.74, 6) is -1.05. The van der Waals surface area contributed by atoms with Crippen LogP contribution in [-0.4, -0.2) is 26.9 Å². The first-order valence-electron chi connectivity index (χ1n) is 4.37. The van der Waals surface area contributed by atoms with Crippen molar-refractivity contribution < 1.29 is 9.90 Å². The van der Waals surface area contributed by atoms with Crippen LogP contribution in [0.3, 0.4) is 0 Å². The molecule has 2 rings (SSSR count). The second-order valence-electron chi connectivity index (χ2n) is 3.02. The fraction of sp³-hybridized carbons (Fsp3) is 0.222. The summed E-state index contributed by atoms with van der Waals surface area (Å²) in [6.07, 6.45) is 1.76. The molecule has 0 atom stereocenters. The molecule has 0 bridgehead atoms. The largest absolute Gasteiger partial charge is 0.480 e. The number of thiophene rings is 1. The number of rotatable bonds is 3. The number of hydrogen-bond donors (Lipinski definition) is 1. The lowest BCUT2D eigenvalue weighted by Gasteiger charge is -2.07. The molecule has 0 aliphatic rings. The van der Waals surface area contributed by atoms with Crippen LogP contribution in [0.2, 0.25) is 0 Å². The van der Waals surface area contributed by atoms with Crippen LogP contribution in [-0.2, 0) is 11.3 Å². The highest BCUT2D eigenvalue weighted by molar-refractivity contribution is 7.98. The molecule has 0 amide bonds. The summed E-state index contributed by atoms with van der Waals surface area (Å²) in [6.45, 7) is -0.351. The lowest BCUT2D eigenvalue weighted by atomic mass is 10.4. The lowest BCUT2D eigenvalue weighted by Crippen LogP contribution is -2.26. The first-order chi connectivity index (χ1) is 7.63. The fourth-order valence-electron chi connectivity index (χ4n) is 1.35. The number of fused-ring (bicyclic) bond motifs is 1. The average molecular weight is 256 g/mol. The Morgan fingerprint density at radius 3 is 3.06 bits per heavy atom. The van der Waals surface area contributed by atoms with Crippen molar-refractivity contribution in [2.75, 3.05) is 6.26 Å².